The van der Waals surface area contributed by atoms with Gasteiger partial charge in [0.1, 0.15) is 5.69 Å². The van der Waals surface area contributed by atoms with E-state index in [9.17, 15) is 10.1 Å². The van der Waals surface area contributed by atoms with E-state index in [4.69, 9.17) is 10.5 Å². The van der Waals surface area contributed by atoms with Gasteiger partial charge in [-0.2, -0.15) is 0 Å². The fourth-order valence-corrected chi connectivity index (χ4v) is 2.50. The van der Waals surface area contributed by atoms with Gasteiger partial charge in [0.05, 0.1) is 11.0 Å². The molecule has 0 amide bonds. The number of hydrogen-bond donors (Lipinski definition) is 1. The van der Waals surface area contributed by atoms with Gasteiger partial charge in [-0.25, -0.2) is 0 Å². The predicted octanol–water partition coefficient (Wildman–Crippen LogP) is 3.52. The molecular formula is C14H20N2O3. The number of nitrogens with zero attached hydrogens (tertiary/aromatic N) is 1. The number of nitro benzene ring substituents is 1. The van der Waals surface area contributed by atoms with E-state index in [1.54, 1.807) is 12.1 Å². The Morgan fingerprint density at radius 2 is 2.00 bits per heavy atom. The van der Waals surface area contributed by atoms with E-state index < -0.39 is 4.92 Å². The highest BCUT2D eigenvalue weighted by Gasteiger charge is 2.29. The van der Waals surface area contributed by atoms with Crippen LogP contribution in [0.15, 0.2) is 18.2 Å². The van der Waals surface area contributed by atoms with Crippen LogP contribution in [0.5, 0.6) is 5.75 Å². The van der Waals surface area contributed by atoms with Gasteiger partial charge in [-0.3, -0.25) is 10.1 Å². The van der Waals surface area contributed by atoms with Gasteiger partial charge < -0.3 is 10.5 Å². The number of nitrogen functional groups attached to an aromatic ring is 1. The van der Waals surface area contributed by atoms with Gasteiger partial charge in [-0.15, -0.1) is 0 Å². The number of para-hydroxylation sites is 1. The zero-order valence-electron chi connectivity index (χ0n) is 11.4. The zero-order chi connectivity index (χ0) is 14.0. The van der Waals surface area contributed by atoms with Crippen LogP contribution in [0.3, 0.4) is 0 Å². The summed E-state index contributed by atoms with van der Waals surface area (Å²) in [5.74, 6) is 0.287. The summed E-state index contributed by atoms with van der Waals surface area (Å²) < 4.78 is 5.80. The molecule has 1 aliphatic carbocycles. The molecule has 0 spiro atoms. The summed E-state index contributed by atoms with van der Waals surface area (Å²) in [5, 5.41) is 11.0. The summed E-state index contributed by atoms with van der Waals surface area (Å²) in [6.07, 6.45) is 4.06. The van der Waals surface area contributed by atoms with Crippen LogP contribution < -0.4 is 10.5 Å². The molecule has 104 valence electrons. The number of nitro groups is 1. The van der Waals surface area contributed by atoms with Crippen LogP contribution in [-0.4, -0.2) is 11.0 Å². The topological polar surface area (TPSA) is 78.4 Å². The van der Waals surface area contributed by atoms with E-state index in [2.05, 4.69) is 13.8 Å². The molecule has 0 atom stereocenters. The van der Waals surface area contributed by atoms with Crippen molar-refractivity contribution in [3.8, 4) is 5.75 Å². The van der Waals surface area contributed by atoms with Crippen molar-refractivity contribution in [1.29, 1.82) is 0 Å². The van der Waals surface area contributed by atoms with E-state index in [1.807, 2.05) is 0 Å². The Bertz CT molecular complexity index is 476. The summed E-state index contributed by atoms with van der Waals surface area (Å²) in [6.45, 7) is 4.48. The van der Waals surface area contributed by atoms with Gasteiger partial charge in [0, 0.05) is 0 Å². The number of rotatable bonds is 3. The zero-order valence-corrected chi connectivity index (χ0v) is 11.4. The quantitative estimate of drug-likeness (QED) is 0.514. The average molecular weight is 264 g/mol. The molecule has 0 unspecified atom stereocenters. The predicted molar refractivity (Wildman–Crippen MR) is 74.2 cm³/mol. The summed E-state index contributed by atoms with van der Waals surface area (Å²) in [7, 11) is 0. The summed E-state index contributed by atoms with van der Waals surface area (Å²) >= 11 is 0. The lowest BCUT2D eigenvalue weighted by atomic mass is 9.76. The summed E-state index contributed by atoms with van der Waals surface area (Å²) in [6, 6.07) is 4.83. The largest absolute Gasteiger partial charge is 0.483 e. The standard InChI is InChI=1S/C14H20N2O3/c1-14(2)8-6-10(7-9-14)19-12-5-3-4-11(15)13(12)16(17)18/h3-5,10H,6-9,15H2,1-2H3. The maximum atomic E-state index is 11.0. The van der Waals surface area contributed by atoms with Crippen LogP contribution in [0.1, 0.15) is 39.5 Å². The Labute approximate surface area is 112 Å². The molecular weight excluding hydrogens is 244 g/mol. The van der Waals surface area contributed by atoms with Gasteiger partial charge in [-0.1, -0.05) is 19.9 Å². The van der Waals surface area contributed by atoms with E-state index in [-0.39, 0.29) is 23.2 Å². The first kappa shape index (κ1) is 13.6. The van der Waals surface area contributed by atoms with E-state index >= 15 is 0 Å². The van der Waals surface area contributed by atoms with Crippen molar-refractivity contribution in [2.24, 2.45) is 5.41 Å². The summed E-state index contributed by atoms with van der Waals surface area (Å²) in [5.41, 5.74) is 6.03. The van der Waals surface area contributed by atoms with Crippen molar-refractivity contribution >= 4 is 11.4 Å². The highest BCUT2D eigenvalue weighted by molar-refractivity contribution is 5.65. The lowest BCUT2D eigenvalue weighted by molar-refractivity contribution is -0.385. The number of nitrogens with two attached hydrogens (primary N) is 1. The molecule has 1 saturated carbocycles. The Morgan fingerprint density at radius 3 is 2.58 bits per heavy atom. The second-order valence-electron chi connectivity index (χ2n) is 5.93. The van der Waals surface area contributed by atoms with Crippen molar-refractivity contribution in [3.63, 3.8) is 0 Å². The fraction of sp³-hybridized carbons (Fsp3) is 0.571. The normalized spacial score (nSPS) is 19.1. The van der Waals surface area contributed by atoms with E-state index in [1.165, 1.54) is 6.07 Å². The third-order valence-corrected chi connectivity index (χ3v) is 3.79. The number of ether oxygens (including phenoxy) is 1. The van der Waals surface area contributed by atoms with Crippen molar-refractivity contribution in [3.05, 3.63) is 28.3 Å². The molecule has 0 heterocycles. The van der Waals surface area contributed by atoms with Gasteiger partial charge in [0.25, 0.3) is 0 Å². The molecule has 1 aromatic rings. The minimum absolute atomic E-state index is 0.0496. The van der Waals surface area contributed by atoms with Gasteiger partial charge >= 0.3 is 5.69 Å². The molecule has 0 saturated heterocycles. The molecule has 1 aromatic carbocycles. The highest BCUT2D eigenvalue weighted by atomic mass is 16.6. The van der Waals surface area contributed by atoms with Crippen molar-refractivity contribution < 1.29 is 9.66 Å². The maximum absolute atomic E-state index is 11.0. The van der Waals surface area contributed by atoms with Crippen LogP contribution in [-0.2, 0) is 0 Å². The Morgan fingerprint density at radius 1 is 1.37 bits per heavy atom. The van der Waals surface area contributed by atoms with Gasteiger partial charge in [-0.05, 0) is 43.2 Å². The lowest BCUT2D eigenvalue weighted by Crippen LogP contribution is -2.28. The second kappa shape index (κ2) is 5.07. The van der Waals surface area contributed by atoms with Crippen LogP contribution in [0.4, 0.5) is 11.4 Å². The monoisotopic (exact) mass is 264 g/mol. The van der Waals surface area contributed by atoms with Crippen molar-refractivity contribution in [2.45, 2.75) is 45.6 Å². The molecule has 5 nitrogen and oxygen atoms in total. The molecule has 0 aromatic heterocycles. The minimum atomic E-state index is -0.475. The first-order valence-corrected chi connectivity index (χ1v) is 6.58. The fourth-order valence-electron chi connectivity index (χ4n) is 2.50. The van der Waals surface area contributed by atoms with Gasteiger partial charge in [0.2, 0.25) is 0 Å². The van der Waals surface area contributed by atoms with Crippen molar-refractivity contribution in [2.75, 3.05) is 5.73 Å². The molecule has 5 heteroatoms. The van der Waals surface area contributed by atoms with Crippen LogP contribution in [0.25, 0.3) is 0 Å². The minimum Gasteiger partial charge on any atom is -0.483 e. The lowest BCUT2D eigenvalue weighted by Gasteiger charge is -2.34. The smallest absolute Gasteiger partial charge is 0.333 e. The highest BCUT2D eigenvalue weighted by Crippen LogP contribution is 2.39. The second-order valence-corrected chi connectivity index (χ2v) is 5.93. The van der Waals surface area contributed by atoms with E-state index in [0.717, 1.165) is 25.7 Å². The molecule has 2 rings (SSSR count). The molecule has 1 aliphatic rings. The molecule has 0 radical (unpaired) electrons. The Hall–Kier alpha value is -1.78. The maximum Gasteiger partial charge on any atom is 0.333 e. The molecule has 19 heavy (non-hydrogen) atoms. The molecule has 0 bridgehead atoms. The van der Waals surface area contributed by atoms with Crippen LogP contribution in [0, 0.1) is 15.5 Å². The molecule has 1 fully saturated rings. The SMILES string of the molecule is CC1(C)CCC(Oc2cccc(N)c2[N+](=O)[O-])CC1. The number of benzene rings is 1. The van der Waals surface area contributed by atoms with Crippen LogP contribution >= 0.6 is 0 Å². The van der Waals surface area contributed by atoms with Crippen LogP contribution in [0.2, 0.25) is 0 Å². The van der Waals surface area contributed by atoms with Crippen molar-refractivity contribution in [1.82, 2.24) is 0 Å². The Kier molecular flexibility index (Phi) is 3.64. The third-order valence-electron chi connectivity index (χ3n) is 3.79. The summed E-state index contributed by atoms with van der Waals surface area (Å²) in [4.78, 5) is 10.6. The average Bonchev–Trinajstić information content (AvgIpc) is 2.31. The molecule has 0 aliphatic heterocycles. The first-order valence-electron chi connectivity index (χ1n) is 6.58. The first-order chi connectivity index (χ1) is 8.89. The van der Waals surface area contributed by atoms with Gasteiger partial charge in [0.15, 0.2) is 5.75 Å². The molecule has 2 N–H and O–H groups in total. The third kappa shape index (κ3) is 3.16. The number of anilines is 1. The van der Waals surface area contributed by atoms with E-state index in [0.29, 0.717) is 5.41 Å². The number of hydrogen-bond acceptors (Lipinski definition) is 4. The Balaban J connectivity index is 2.12.